The minimum atomic E-state index is -0.439. The first-order valence-electron chi connectivity index (χ1n) is 8.34. The van der Waals surface area contributed by atoms with Crippen LogP contribution in [0.4, 0.5) is 15.8 Å². The first kappa shape index (κ1) is 18.0. The summed E-state index contributed by atoms with van der Waals surface area (Å²) in [6.07, 6.45) is 2.49. The summed E-state index contributed by atoms with van der Waals surface area (Å²) in [6, 6.07) is 12.9. The lowest BCUT2D eigenvalue weighted by molar-refractivity contribution is 0.508. The van der Waals surface area contributed by atoms with Crippen molar-refractivity contribution in [3.05, 3.63) is 58.9 Å². The molecule has 0 aliphatic carbocycles. The maximum absolute atomic E-state index is 13.3. The number of rotatable bonds is 4. The molecule has 0 saturated carbocycles. The van der Waals surface area contributed by atoms with Gasteiger partial charge >= 0.3 is 0 Å². The van der Waals surface area contributed by atoms with Crippen molar-refractivity contribution in [3.8, 4) is 0 Å². The van der Waals surface area contributed by atoms with Gasteiger partial charge in [0.1, 0.15) is 5.82 Å². The van der Waals surface area contributed by atoms with Gasteiger partial charge in [0.2, 0.25) is 0 Å². The van der Waals surface area contributed by atoms with Crippen LogP contribution in [0.1, 0.15) is 18.4 Å². The molecule has 0 spiro atoms. The Balaban J connectivity index is 1.68. The summed E-state index contributed by atoms with van der Waals surface area (Å²) in [5.74, 6) is -0.439. The highest BCUT2D eigenvalue weighted by Gasteiger charge is 2.16. The maximum Gasteiger partial charge on any atom is 0.173 e. The second kappa shape index (κ2) is 8.02. The Bertz CT molecular complexity index is 762. The van der Waals surface area contributed by atoms with Crippen LogP contribution in [0.3, 0.4) is 0 Å². The molecule has 1 aliphatic heterocycles. The number of hydrogen-bond acceptors (Lipinski definition) is 2. The molecule has 0 amide bonds. The molecule has 0 bridgehead atoms. The van der Waals surface area contributed by atoms with E-state index in [-0.39, 0.29) is 5.02 Å². The minimum Gasteiger partial charge on any atom is -0.371 e. The van der Waals surface area contributed by atoms with Crippen LogP contribution in [-0.2, 0) is 6.54 Å². The van der Waals surface area contributed by atoms with E-state index < -0.39 is 5.82 Å². The van der Waals surface area contributed by atoms with Crippen LogP contribution in [0.2, 0.25) is 5.02 Å². The zero-order chi connectivity index (χ0) is 17.8. The highest BCUT2D eigenvalue weighted by Crippen LogP contribution is 2.26. The predicted octanol–water partition coefficient (Wildman–Crippen LogP) is 4.91. The topological polar surface area (TPSA) is 18.5 Å². The summed E-state index contributed by atoms with van der Waals surface area (Å²) in [5.41, 5.74) is 3.20. The third kappa shape index (κ3) is 4.41. The predicted molar refractivity (Wildman–Crippen MR) is 107 cm³/mol. The Hall–Kier alpha value is -1.85. The van der Waals surface area contributed by atoms with Gasteiger partial charge in [0, 0.05) is 38.1 Å². The second-order valence-electron chi connectivity index (χ2n) is 6.24. The average molecular weight is 378 g/mol. The van der Waals surface area contributed by atoms with E-state index in [0.717, 1.165) is 13.1 Å². The lowest BCUT2D eigenvalue weighted by Gasteiger charge is -2.26. The van der Waals surface area contributed by atoms with Crippen molar-refractivity contribution < 1.29 is 4.39 Å². The summed E-state index contributed by atoms with van der Waals surface area (Å²) in [5, 5.41) is 3.76. The van der Waals surface area contributed by atoms with Crippen molar-refractivity contribution in [2.24, 2.45) is 0 Å². The van der Waals surface area contributed by atoms with Crippen molar-refractivity contribution in [3.63, 3.8) is 0 Å². The van der Waals surface area contributed by atoms with E-state index in [1.807, 2.05) is 11.9 Å². The third-order valence-corrected chi connectivity index (χ3v) is 5.07. The Morgan fingerprint density at radius 1 is 1.24 bits per heavy atom. The molecule has 3 nitrogen and oxygen atoms in total. The van der Waals surface area contributed by atoms with Gasteiger partial charge in [0.05, 0.1) is 5.02 Å². The molecule has 25 heavy (non-hydrogen) atoms. The number of hydrogen-bond donors (Lipinski definition) is 1. The van der Waals surface area contributed by atoms with Crippen LogP contribution in [0.5, 0.6) is 0 Å². The first-order valence-corrected chi connectivity index (χ1v) is 9.13. The fraction of sp³-hybridized carbons (Fsp3) is 0.316. The fourth-order valence-electron chi connectivity index (χ4n) is 3.03. The molecule has 1 aliphatic rings. The van der Waals surface area contributed by atoms with Gasteiger partial charge in [0.25, 0.3) is 0 Å². The molecule has 0 aromatic heterocycles. The number of anilines is 2. The summed E-state index contributed by atoms with van der Waals surface area (Å²) in [6.45, 7) is 2.92. The minimum absolute atomic E-state index is 0.0785. The lowest BCUT2D eigenvalue weighted by Crippen LogP contribution is -2.31. The van der Waals surface area contributed by atoms with E-state index in [1.165, 1.54) is 36.2 Å². The van der Waals surface area contributed by atoms with Crippen molar-refractivity contribution in [2.75, 3.05) is 30.4 Å². The van der Waals surface area contributed by atoms with Crippen molar-refractivity contribution in [1.82, 2.24) is 4.90 Å². The Morgan fingerprint density at radius 2 is 1.96 bits per heavy atom. The van der Waals surface area contributed by atoms with Gasteiger partial charge in [-0.1, -0.05) is 29.8 Å². The highest BCUT2D eigenvalue weighted by molar-refractivity contribution is 7.80. The van der Waals surface area contributed by atoms with Gasteiger partial charge in [-0.15, -0.1) is 0 Å². The average Bonchev–Trinajstić information content (AvgIpc) is 3.13. The molecule has 1 fully saturated rings. The van der Waals surface area contributed by atoms with Crippen LogP contribution in [0, 0.1) is 5.82 Å². The molecule has 1 saturated heterocycles. The van der Waals surface area contributed by atoms with Gasteiger partial charge in [-0.2, -0.15) is 0 Å². The van der Waals surface area contributed by atoms with E-state index in [9.17, 15) is 4.39 Å². The monoisotopic (exact) mass is 377 g/mol. The Kier molecular flexibility index (Phi) is 5.76. The molecule has 6 heteroatoms. The molecule has 0 radical (unpaired) electrons. The number of nitrogens with one attached hydrogen (secondary N) is 1. The third-order valence-electron chi connectivity index (χ3n) is 4.36. The summed E-state index contributed by atoms with van der Waals surface area (Å²) in [4.78, 5) is 4.40. The van der Waals surface area contributed by atoms with Crippen LogP contribution in [0.25, 0.3) is 0 Å². The van der Waals surface area contributed by atoms with Gasteiger partial charge in [-0.3, -0.25) is 0 Å². The molecule has 0 atom stereocenters. The van der Waals surface area contributed by atoms with Crippen molar-refractivity contribution in [1.29, 1.82) is 0 Å². The van der Waals surface area contributed by atoms with Crippen LogP contribution in [0.15, 0.2) is 42.5 Å². The fourth-order valence-corrected chi connectivity index (χ4v) is 3.39. The summed E-state index contributed by atoms with van der Waals surface area (Å²) >= 11 is 11.3. The van der Waals surface area contributed by atoms with E-state index in [4.69, 9.17) is 23.8 Å². The van der Waals surface area contributed by atoms with Gasteiger partial charge in [-0.25, -0.2) is 4.39 Å². The van der Waals surface area contributed by atoms with E-state index in [1.54, 1.807) is 6.07 Å². The second-order valence-corrected chi connectivity index (χ2v) is 7.03. The first-order chi connectivity index (χ1) is 12.0. The molecule has 1 N–H and O–H groups in total. The molecular formula is C19H21ClFN3S. The molecule has 2 aromatic rings. The number of benzene rings is 2. The normalized spacial score (nSPS) is 13.8. The smallest absolute Gasteiger partial charge is 0.173 e. The van der Waals surface area contributed by atoms with Crippen LogP contribution >= 0.6 is 23.8 Å². The number of thiocarbonyl (C=S) groups is 1. The number of nitrogens with zero attached hydrogens (tertiary/aromatic N) is 2. The maximum atomic E-state index is 13.3. The SMILES string of the molecule is CN(Cc1ccccc1N1CCCC1)C(=S)Nc1ccc(F)c(Cl)c1. The van der Waals surface area contributed by atoms with Gasteiger partial charge < -0.3 is 15.1 Å². The Labute approximate surface area is 158 Å². The van der Waals surface area contributed by atoms with Crippen molar-refractivity contribution in [2.45, 2.75) is 19.4 Å². The lowest BCUT2D eigenvalue weighted by atomic mass is 10.1. The van der Waals surface area contributed by atoms with Crippen molar-refractivity contribution >= 4 is 40.3 Å². The zero-order valence-electron chi connectivity index (χ0n) is 14.1. The molecule has 1 heterocycles. The Morgan fingerprint density at radius 3 is 2.68 bits per heavy atom. The quantitative estimate of drug-likeness (QED) is 0.763. The standard InChI is InChI=1S/C19H21ClFN3S/c1-23(19(25)22-15-8-9-17(21)16(20)12-15)13-14-6-2-3-7-18(14)24-10-4-5-11-24/h2-3,6-9,12H,4-5,10-11,13H2,1H3,(H,22,25). The zero-order valence-corrected chi connectivity index (χ0v) is 15.7. The largest absolute Gasteiger partial charge is 0.371 e. The number of halogens is 2. The number of para-hydroxylation sites is 1. The highest BCUT2D eigenvalue weighted by atomic mass is 35.5. The molecule has 132 valence electrons. The van der Waals surface area contributed by atoms with Crippen LogP contribution in [-0.4, -0.2) is 30.1 Å². The van der Waals surface area contributed by atoms with Crippen LogP contribution < -0.4 is 10.2 Å². The van der Waals surface area contributed by atoms with E-state index in [0.29, 0.717) is 17.3 Å². The van der Waals surface area contributed by atoms with Gasteiger partial charge in [0.15, 0.2) is 5.11 Å². The van der Waals surface area contributed by atoms with Gasteiger partial charge in [-0.05, 0) is 54.9 Å². The molecule has 2 aromatic carbocycles. The van der Waals surface area contributed by atoms with E-state index in [2.05, 4.69) is 34.5 Å². The molecular weight excluding hydrogens is 357 g/mol. The summed E-state index contributed by atoms with van der Waals surface area (Å²) < 4.78 is 13.3. The van der Waals surface area contributed by atoms with E-state index >= 15 is 0 Å². The molecule has 0 unspecified atom stereocenters. The molecule has 3 rings (SSSR count). The summed E-state index contributed by atoms with van der Waals surface area (Å²) in [7, 11) is 1.95.